The molecule has 0 saturated carbocycles. The Morgan fingerprint density at radius 2 is 2.00 bits per heavy atom. The van der Waals surface area contributed by atoms with Crippen LogP contribution in [0.3, 0.4) is 0 Å². The van der Waals surface area contributed by atoms with Crippen LogP contribution >= 0.6 is 0 Å². The monoisotopic (exact) mass is 195 g/mol. The quantitative estimate of drug-likeness (QED) is 0.547. The van der Waals surface area contributed by atoms with Crippen LogP contribution in [-0.4, -0.2) is 40.5 Å². The Morgan fingerprint density at radius 3 is 2.57 bits per heavy atom. The number of nitrogens with two attached hydrogens (primary N) is 1. The first-order valence-corrected chi connectivity index (χ1v) is 4.50. The fourth-order valence-electron chi connectivity index (χ4n) is 1.64. The molecular weight excluding hydrogens is 182 g/mol. The number of aliphatic hydroxyl groups excluding tert-OH is 2. The first-order valence-electron chi connectivity index (χ1n) is 4.50. The van der Waals surface area contributed by atoms with E-state index in [1.54, 1.807) is 12.3 Å². The zero-order valence-electron chi connectivity index (χ0n) is 7.67. The van der Waals surface area contributed by atoms with Gasteiger partial charge in [-0.3, -0.25) is 0 Å². The second kappa shape index (κ2) is 3.43. The Bertz CT molecular complexity index is 322. The summed E-state index contributed by atoms with van der Waals surface area (Å²) in [4.78, 5) is 5.78. The fraction of sp³-hybridized carbons (Fsp3) is 0.444. The van der Waals surface area contributed by atoms with Gasteiger partial charge in [-0.1, -0.05) is 0 Å². The molecule has 0 spiro atoms. The summed E-state index contributed by atoms with van der Waals surface area (Å²) >= 11 is 0. The number of rotatable bonds is 1. The van der Waals surface area contributed by atoms with E-state index in [2.05, 4.69) is 4.98 Å². The van der Waals surface area contributed by atoms with Crippen LogP contribution in [0.2, 0.25) is 0 Å². The summed E-state index contributed by atoms with van der Waals surface area (Å²) in [6.07, 6.45) is 0.214. The van der Waals surface area contributed by atoms with Crippen molar-refractivity contribution in [2.24, 2.45) is 0 Å². The van der Waals surface area contributed by atoms with E-state index in [9.17, 15) is 10.2 Å². The lowest BCUT2D eigenvalue weighted by atomic mass is 10.3. The molecule has 2 unspecified atom stereocenters. The molecule has 0 bridgehead atoms. The largest absolute Gasteiger partial charge is 0.389 e. The average molecular weight is 195 g/mol. The van der Waals surface area contributed by atoms with Crippen LogP contribution in [0.5, 0.6) is 0 Å². The molecule has 2 heterocycles. The number of aromatic nitrogens is 1. The maximum atomic E-state index is 9.37. The van der Waals surface area contributed by atoms with Crippen molar-refractivity contribution in [3.05, 3.63) is 18.3 Å². The summed E-state index contributed by atoms with van der Waals surface area (Å²) < 4.78 is 0. The van der Waals surface area contributed by atoms with Gasteiger partial charge in [0, 0.05) is 19.3 Å². The number of hydrogen-bond donors (Lipinski definition) is 3. The Labute approximate surface area is 81.8 Å². The molecule has 76 valence electrons. The number of nitrogens with zero attached hydrogens (tertiary/aromatic N) is 2. The topological polar surface area (TPSA) is 82.6 Å². The average Bonchev–Trinajstić information content (AvgIpc) is 2.48. The molecule has 2 atom stereocenters. The summed E-state index contributed by atoms with van der Waals surface area (Å²) in [5.74, 6) is 0.425. The van der Waals surface area contributed by atoms with Crippen molar-refractivity contribution in [3.8, 4) is 0 Å². The molecule has 1 saturated heterocycles. The zero-order chi connectivity index (χ0) is 10.1. The Kier molecular flexibility index (Phi) is 2.26. The van der Waals surface area contributed by atoms with E-state index in [0.717, 1.165) is 5.69 Å². The molecule has 1 aromatic heterocycles. The van der Waals surface area contributed by atoms with Crippen LogP contribution in [-0.2, 0) is 0 Å². The highest BCUT2D eigenvalue weighted by molar-refractivity contribution is 5.63. The summed E-state index contributed by atoms with van der Waals surface area (Å²) in [6.45, 7) is 0.800. The second-order valence-corrected chi connectivity index (χ2v) is 3.45. The predicted octanol–water partition coefficient (Wildman–Crippen LogP) is -0.794. The fourth-order valence-corrected chi connectivity index (χ4v) is 1.64. The van der Waals surface area contributed by atoms with Crippen molar-refractivity contribution in [1.29, 1.82) is 0 Å². The third-order valence-electron chi connectivity index (χ3n) is 2.42. The molecule has 0 amide bonds. The number of nitrogen functional groups attached to an aromatic ring is 1. The number of β-amino-alcohol motifs (C(OH)–C–C–N with tert-alkyl or cyclic N) is 2. The Hall–Kier alpha value is -1.33. The molecule has 1 aliphatic rings. The molecule has 0 aromatic carbocycles. The van der Waals surface area contributed by atoms with E-state index in [-0.39, 0.29) is 0 Å². The van der Waals surface area contributed by atoms with Gasteiger partial charge in [0.2, 0.25) is 0 Å². The van der Waals surface area contributed by atoms with Gasteiger partial charge in [0.15, 0.2) is 0 Å². The van der Waals surface area contributed by atoms with Crippen molar-refractivity contribution in [1.82, 2.24) is 4.98 Å². The number of anilines is 2. The molecule has 5 nitrogen and oxygen atoms in total. The standard InChI is InChI=1S/C9H13N3O2/c10-9-6(2-1-3-11-9)12-4-7(13)8(14)5-12/h1-3,7-8,13-14H,4-5H2,(H2,10,11). The van der Waals surface area contributed by atoms with Crippen molar-refractivity contribution >= 4 is 11.5 Å². The van der Waals surface area contributed by atoms with Gasteiger partial charge >= 0.3 is 0 Å². The van der Waals surface area contributed by atoms with Gasteiger partial charge in [-0.2, -0.15) is 0 Å². The van der Waals surface area contributed by atoms with Gasteiger partial charge in [-0.25, -0.2) is 4.98 Å². The summed E-state index contributed by atoms with van der Waals surface area (Å²) in [6, 6.07) is 3.61. The molecule has 5 heteroatoms. The van der Waals surface area contributed by atoms with Gasteiger partial charge in [-0.05, 0) is 12.1 Å². The summed E-state index contributed by atoms with van der Waals surface area (Å²) in [5.41, 5.74) is 6.44. The van der Waals surface area contributed by atoms with E-state index in [0.29, 0.717) is 18.9 Å². The molecule has 4 N–H and O–H groups in total. The van der Waals surface area contributed by atoms with E-state index >= 15 is 0 Å². The van der Waals surface area contributed by atoms with Crippen LogP contribution in [0.25, 0.3) is 0 Å². The zero-order valence-corrected chi connectivity index (χ0v) is 7.67. The highest BCUT2D eigenvalue weighted by Crippen LogP contribution is 2.24. The second-order valence-electron chi connectivity index (χ2n) is 3.45. The first-order chi connectivity index (χ1) is 6.68. The van der Waals surface area contributed by atoms with E-state index in [1.807, 2.05) is 11.0 Å². The molecule has 14 heavy (non-hydrogen) atoms. The minimum Gasteiger partial charge on any atom is -0.389 e. The molecule has 0 radical (unpaired) electrons. The van der Waals surface area contributed by atoms with Crippen LogP contribution < -0.4 is 10.6 Å². The van der Waals surface area contributed by atoms with Crippen LogP contribution in [0.15, 0.2) is 18.3 Å². The van der Waals surface area contributed by atoms with E-state index in [1.165, 1.54) is 0 Å². The minimum atomic E-state index is -0.699. The molecule has 2 rings (SSSR count). The predicted molar refractivity (Wildman–Crippen MR) is 52.9 cm³/mol. The third-order valence-corrected chi connectivity index (χ3v) is 2.42. The number of pyridine rings is 1. The maximum absolute atomic E-state index is 9.37. The lowest BCUT2D eigenvalue weighted by molar-refractivity contribution is 0.0572. The van der Waals surface area contributed by atoms with E-state index in [4.69, 9.17) is 5.73 Å². The maximum Gasteiger partial charge on any atom is 0.146 e. The van der Waals surface area contributed by atoms with Crippen LogP contribution in [0.1, 0.15) is 0 Å². The van der Waals surface area contributed by atoms with Gasteiger partial charge in [0.25, 0.3) is 0 Å². The lowest BCUT2D eigenvalue weighted by Gasteiger charge is -2.18. The van der Waals surface area contributed by atoms with Gasteiger partial charge in [-0.15, -0.1) is 0 Å². The summed E-state index contributed by atoms with van der Waals surface area (Å²) in [5, 5.41) is 18.7. The third kappa shape index (κ3) is 1.51. The molecule has 0 aliphatic carbocycles. The van der Waals surface area contributed by atoms with Gasteiger partial charge in [0.1, 0.15) is 5.82 Å². The molecule has 1 fully saturated rings. The number of hydrogen-bond acceptors (Lipinski definition) is 5. The van der Waals surface area contributed by atoms with Crippen molar-refractivity contribution < 1.29 is 10.2 Å². The smallest absolute Gasteiger partial charge is 0.146 e. The summed E-state index contributed by atoms with van der Waals surface area (Å²) in [7, 11) is 0. The van der Waals surface area contributed by atoms with Crippen LogP contribution in [0, 0.1) is 0 Å². The van der Waals surface area contributed by atoms with E-state index < -0.39 is 12.2 Å². The normalized spacial score (nSPS) is 26.9. The molecule has 1 aliphatic heterocycles. The van der Waals surface area contributed by atoms with Crippen LogP contribution in [0.4, 0.5) is 11.5 Å². The van der Waals surface area contributed by atoms with Gasteiger partial charge < -0.3 is 20.8 Å². The van der Waals surface area contributed by atoms with Gasteiger partial charge in [0.05, 0.1) is 17.9 Å². The number of aliphatic hydroxyl groups is 2. The Balaban J connectivity index is 2.21. The van der Waals surface area contributed by atoms with Crippen molar-refractivity contribution in [2.45, 2.75) is 12.2 Å². The first kappa shape index (κ1) is 9.23. The molecule has 1 aromatic rings. The minimum absolute atomic E-state index is 0.400. The Morgan fingerprint density at radius 1 is 1.36 bits per heavy atom. The highest BCUT2D eigenvalue weighted by atomic mass is 16.3. The highest BCUT2D eigenvalue weighted by Gasteiger charge is 2.30. The van der Waals surface area contributed by atoms with Crippen molar-refractivity contribution in [2.75, 3.05) is 23.7 Å². The SMILES string of the molecule is Nc1ncccc1N1CC(O)C(O)C1. The van der Waals surface area contributed by atoms with Crippen molar-refractivity contribution in [3.63, 3.8) is 0 Å². The molecular formula is C9H13N3O2. The lowest BCUT2D eigenvalue weighted by Crippen LogP contribution is -2.22.